The van der Waals surface area contributed by atoms with Crippen molar-refractivity contribution in [1.29, 1.82) is 5.26 Å². The van der Waals surface area contributed by atoms with Gasteiger partial charge in [-0.15, -0.1) is 0 Å². The van der Waals surface area contributed by atoms with Crippen LogP contribution in [0.3, 0.4) is 0 Å². The van der Waals surface area contributed by atoms with Gasteiger partial charge in [0.2, 0.25) is 5.88 Å². The van der Waals surface area contributed by atoms with E-state index < -0.39 is 17.7 Å². The van der Waals surface area contributed by atoms with Crippen LogP contribution >= 0.6 is 23.8 Å². The van der Waals surface area contributed by atoms with E-state index in [0.717, 1.165) is 17.7 Å². The Labute approximate surface area is 193 Å². The second-order valence-corrected chi connectivity index (χ2v) is 7.73. The molecule has 0 fully saturated rings. The van der Waals surface area contributed by atoms with Crippen molar-refractivity contribution in [2.24, 2.45) is 0 Å². The molecule has 4 nitrogen and oxygen atoms in total. The van der Waals surface area contributed by atoms with Crippen LogP contribution in [0.25, 0.3) is 0 Å². The van der Waals surface area contributed by atoms with Gasteiger partial charge in [0.05, 0.1) is 16.5 Å². The first-order chi connectivity index (χ1) is 15.2. The summed E-state index contributed by atoms with van der Waals surface area (Å²) in [6.45, 7) is 1.93. The van der Waals surface area contributed by atoms with Crippen molar-refractivity contribution in [2.75, 3.05) is 6.61 Å². The number of thiocarbonyl (C=S) groups is 1. The molecule has 0 radical (unpaired) electrons. The molecule has 9 heteroatoms. The second-order valence-electron chi connectivity index (χ2n) is 6.80. The Balaban J connectivity index is 1.59. The lowest BCUT2D eigenvalue weighted by molar-refractivity contribution is -0.137. The summed E-state index contributed by atoms with van der Waals surface area (Å²) in [4.78, 5) is 4.04. The van der Waals surface area contributed by atoms with Crippen LogP contribution in [0.5, 0.6) is 17.4 Å². The summed E-state index contributed by atoms with van der Waals surface area (Å²) in [7, 11) is 0. The maximum atomic E-state index is 12.6. The smallest absolute Gasteiger partial charge is 0.417 e. The van der Waals surface area contributed by atoms with Gasteiger partial charge in [0.1, 0.15) is 24.0 Å². The maximum absolute atomic E-state index is 12.6. The number of hydrogen-bond donors (Lipinski definition) is 0. The lowest BCUT2D eigenvalue weighted by Crippen LogP contribution is -2.17. The standard InChI is InChI=1S/C23H16ClF3N2O2S/c1-14-2-8-18(20(24)10-14)19(11-28)21(32)13-30-16-4-6-17(7-5-16)31-22-9-3-15(12-29-22)23(25,26)27/h2-10,12,19H,13H2,1H3. The molecule has 2 aromatic carbocycles. The minimum Gasteiger partial charge on any atom is -0.488 e. The molecule has 0 aliphatic carbocycles. The van der Waals surface area contributed by atoms with E-state index in [4.69, 9.17) is 33.3 Å². The molecule has 1 unspecified atom stereocenters. The molecule has 0 spiro atoms. The third kappa shape index (κ3) is 5.96. The fourth-order valence-electron chi connectivity index (χ4n) is 2.75. The second kappa shape index (κ2) is 9.98. The SMILES string of the molecule is Cc1ccc(C(C#N)C(=S)COc2ccc(Oc3ccc(C(F)(F)F)cn3)cc2)c(Cl)c1. The Kier molecular flexibility index (Phi) is 7.33. The first-order valence-electron chi connectivity index (χ1n) is 9.29. The third-order valence-electron chi connectivity index (χ3n) is 4.41. The lowest BCUT2D eigenvalue weighted by atomic mass is 9.96. The van der Waals surface area contributed by atoms with E-state index in [0.29, 0.717) is 33.1 Å². The monoisotopic (exact) mass is 476 g/mol. The van der Waals surface area contributed by atoms with Crippen molar-refractivity contribution >= 4 is 28.7 Å². The van der Waals surface area contributed by atoms with Gasteiger partial charge in [0, 0.05) is 17.3 Å². The quantitative estimate of drug-likeness (QED) is 0.347. The van der Waals surface area contributed by atoms with Crippen LogP contribution in [0.1, 0.15) is 22.6 Å². The fourth-order valence-corrected chi connectivity index (χ4v) is 3.33. The van der Waals surface area contributed by atoms with Crippen LogP contribution in [0.4, 0.5) is 13.2 Å². The highest BCUT2D eigenvalue weighted by Crippen LogP contribution is 2.31. The van der Waals surface area contributed by atoms with Crippen LogP contribution in [0.15, 0.2) is 60.8 Å². The van der Waals surface area contributed by atoms with E-state index in [-0.39, 0.29) is 12.5 Å². The number of aryl methyl sites for hydroxylation is 1. The molecule has 0 amide bonds. The van der Waals surface area contributed by atoms with E-state index in [1.54, 1.807) is 36.4 Å². The van der Waals surface area contributed by atoms with Crippen molar-refractivity contribution < 1.29 is 22.6 Å². The Morgan fingerprint density at radius 3 is 2.38 bits per heavy atom. The normalized spacial score (nSPS) is 12.0. The molecule has 3 aromatic rings. The van der Waals surface area contributed by atoms with E-state index >= 15 is 0 Å². The van der Waals surface area contributed by atoms with Gasteiger partial charge in [-0.2, -0.15) is 18.4 Å². The number of aromatic nitrogens is 1. The van der Waals surface area contributed by atoms with Crippen LogP contribution in [0, 0.1) is 18.3 Å². The number of hydrogen-bond acceptors (Lipinski definition) is 5. The van der Waals surface area contributed by atoms with Gasteiger partial charge in [-0.05, 0) is 54.4 Å². The molecule has 1 atom stereocenters. The van der Waals surface area contributed by atoms with Crippen LogP contribution in [-0.2, 0) is 6.18 Å². The Bertz CT molecular complexity index is 1140. The fraction of sp³-hybridized carbons (Fsp3) is 0.174. The van der Waals surface area contributed by atoms with Gasteiger partial charge in [-0.3, -0.25) is 0 Å². The lowest BCUT2D eigenvalue weighted by Gasteiger charge is -2.14. The van der Waals surface area contributed by atoms with Gasteiger partial charge in [-0.25, -0.2) is 4.98 Å². The van der Waals surface area contributed by atoms with Gasteiger partial charge < -0.3 is 9.47 Å². The molecule has 0 saturated carbocycles. The molecule has 0 bridgehead atoms. The van der Waals surface area contributed by atoms with Crippen molar-refractivity contribution in [3.8, 4) is 23.4 Å². The van der Waals surface area contributed by atoms with Gasteiger partial charge >= 0.3 is 6.18 Å². The zero-order chi connectivity index (χ0) is 23.3. The number of halogens is 4. The molecule has 1 aromatic heterocycles. The minimum atomic E-state index is -4.46. The maximum Gasteiger partial charge on any atom is 0.417 e. The van der Waals surface area contributed by atoms with Gasteiger partial charge in [0.15, 0.2) is 0 Å². The van der Waals surface area contributed by atoms with Crippen LogP contribution in [0.2, 0.25) is 5.02 Å². The third-order valence-corrected chi connectivity index (χ3v) is 5.09. The molecule has 3 rings (SSSR count). The molecule has 0 saturated heterocycles. The number of pyridine rings is 1. The van der Waals surface area contributed by atoms with Crippen molar-refractivity contribution in [3.05, 3.63) is 82.5 Å². The summed E-state index contributed by atoms with van der Waals surface area (Å²) >= 11 is 11.6. The number of ether oxygens (including phenoxy) is 2. The van der Waals surface area contributed by atoms with Gasteiger partial charge in [0.25, 0.3) is 0 Å². The van der Waals surface area contributed by atoms with Crippen LogP contribution < -0.4 is 9.47 Å². The zero-order valence-corrected chi connectivity index (χ0v) is 18.3. The highest BCUT2D eigenvalue weighted by Gasteiger charge is 2.30. The molecular weight excluding hydrogens is 461 g/mol. The summed E-state index contributed by atoms with van der Waals surface area (Å²) in [6.07, 6.45) is -3.75. The minimum absolute atomic E-state index is 0.0262. The topological polar surface area (TPSA) is 55.1 Å². The molecule has 32 heavy (non-hydrogen) atoms. The van der Waals surface area contributed by atoms with Crippen molar-refractivity contribution in [2.45, 2.75) is 19.0 Å². The molecule has 0 N–H and O–H groups in total. The average Bonchev–Trinajstić information content (AvgIpc) is 2.75. The number of nitrogens with zero attached hydrogens (tertiary/aromatic N) is 2. The average molecular weight is 477 g/mol. The summed E-state index contributed by atoms with van der Waals surface area (Å²) < 4.78 is 48.9. The van der Waals surface area contributed by atoms with Crippen LogP contribution in [-0.4, -0.2) is 16.5 Å². The summed E-state index contributed by atoms with van der Waals surface area (Å²) in [6, 6.07) is 16.0. The largest absolute Gasteiger partial charge is 0.488 e. The first kappa shape index (κ1) is 23.5. The van der Waals surface area contributed by atoms with E-state index in [2.05, 4.69) is 11.1 Å². The molecule has 0 aliphatic rings. The van der Waals surface area contributed by atoms with Gasteiger partial charge in [-0.1, -0.05) is 36.0 Å². The molecule has 164 valence electrons. The predicted octanol–water partition coefficient (Wildman–Crippen LogP) is 6.91. The summed E-state index contributed by atoms with van der Waals surface area (Å²) in [5.41, 5.74) is 0.750. The Morgan fingerprint density at radius 1 is 1.12 bits per heavy atom. The van der Waals surface area contributed by atoms with E-state index in [1.807, 2.05) is 13.0 Å². The molecular formula is C23H16ClF3N2O2S. The predicted molar refractivity (Wildman–Crippen MR) is 118 cm³/mol. The highest BCUT2D eigenvalue weighted by atomic mass is 35.5. The van der Waals surface area contributed by atoms with Crippen molar-refractivity contribution in [3.63, 3.8) is 0 Å². The first-order valence-corrected chi connectivity index (χ1v) is 10.1. The highest BCUT2D eigenvalue weighted by molar-refractivity contribution is 7.80. The van der Waals surface area contributed by atoms with E-state index in [1.165, 1.54) is 0 Å². The zero-order valence-electron chi connectivity index (χ0n) is 16.7. The van der Waals surface area contributed by atoms with Crippen molar-refractivity contribution in [1.82, 2.24) is 4.98 Å². The number of benzene rings is 2. The number of nitriles is 1. The summed E-state index contributed by atoms with van der Waals surface area (Å²) in [5.74, 6) is 0.187. The molecule has 1 heterocycles. The Hall–Kier alpha value is -3.15. The molecule has 0 aliphatic heterocycles. The summed E-state index contributed by atoms with van der Waals surface area (Å²) in [5, 5.41) is 10.0. The Morgan fingerprint density at radius 2 is 1.81 bits per heavy atom. The number of rotatable bonds is 7. The van der Waals surface area contributed by atoms with E-state index in [9.17, 15) is 18.4 Å². The number of alkyl halides is 3.